The number of benzene rings is 5. The molecule has 5 aromatic carbocycles. The van der Waals surface area contributed by atoms with Gasteiger partial charge < -0.3 is 0 Å². The van der Waals surface area contributed by atoms with Gasteiger partial charge in [-0.1, -0.05) is 103 Å². The smallest absolute Gasteiger partial charge is 0.0978 e. The molecule has 0 aliphatic heterocycles. The van der Waals surface area contributed by atoms with E-state index >= 15 is 0 Å². The van der Waals surface area contributed by atoms with E-state index in [9.17, 15) is 0 Å². The summed E-state index contributed by atoms with van der Waals surface area (Å²) < 4.78 is 0. The van der Waals surface area contributed by atoms with E-state index in [-0.39, 0.29) is 0 Å². The fraction of sp³-hybridized carbons (Fsp3) is 0.0222. The number of hydrogen-bond donors (Lipinski definition) is 0. The molecule has 0 bridgehead atoms. The van der Waals surface area contributed by atoms with Crippen molar-refractivity contribution in [2.24, 2.45) is 4.99 Å². The van der Waals surface area contributed by atoms with E-state index in [4.69, 9.17) is 9.97 Å². The van der Waals surface area contributed by atoms with Gasteiger partial charge in [0.05, 0.1) is 27.9 Å². The van der Waals surface area contributed by atoms with Crippen LogP contribution in [-0.4, -0.2) is 21.7 Å². The van der Waals surface area contributed by atoms with E-state index in [2.05, 4.69) is 120 Å². The second kappa shape index (κ2) is 12.9. The second-order valence-corrected chi connectivity index (χ2v) is 11.9. The first kappa shape index (κ1) is 29.9. The average molecular weight is 629 g/mol. The predicted octanol–water partition coefficient (Wildman–Crippen LogP) is 11.6. The number of hydrogen-bond acceptors (Lipinski definition) is 4. The Hall–Kier alpha value is -6.52. The van der Waals surface area contributed by atoms with Crippen LogP contribution < -0.4 is 0 Å². The minimum Gasteiger partial charge on any atom is -0.264 e. The van der Waals surface area contributed by atoms with Crippen LogP contribution >= 0.6 is 0 Å². The highest BCUT2D eigenvalue weighted by atomic mass is 14.7. The molecule has 0 amide bonds. The fourth-order valence-corrected chi connectivity index (χ4v) is 6.54. The van der Waals surface area contributed by atoms with Crippen molar-refractivity contribution in [3.8, 4) is 44.6 Å². The number of nitrogens with zero attached hydrogens (tertiary/aromatic N) is 4. The van der Waals surface area contributed by atoms with Gasteiger partial charge in [0.25, 0.3) is 0 Å². The normalized spacial score (nSPS) is 11.9. The highest BCUT2D eigenvalue weighted by Crippen LogP contribution is 2.38. The highest BCUT2D eigenvalue weighted by Gasteiger charge is 2.15. The first-order chi connectivity index (χ1) is 24.2. The number of para-hydroxylation sites is 1. The fourth-order valence-electron chi connectivity index (χ4n) is 6.54. The van der Waals surface area contributed by atoms with Gasteiger partial charge in [-0.15, -0.1) is 0 Å². The molecule has 0 radical (unpaired) electrons. The zero-order valence-corrected chi connectivity index (χ0v) is 27.1. The maximum absolute atomic E-state index is 5.07. The van der Waals surface area contributed by atoms with E-state index < -0.39 is 0 Å². The Balaban J connectivity index is 1.17. The third kappa shape index (κ3) is 5.70. The lowest BCUT2D eigenvalue weighted by molar-refractivity contribution is 1.32. The van der Waals surface area contributed by atoms with Gasteiger partial charge in [-0.25, -0.2) is 4.98 Å². The Morgan fingerprint density at radius 2 is 1.29 bits per heavy atom. The van der Waals surface area contributed by atoms with Gasteiger partial charge in [0.1, 0.15) is 0 Å². The van der Waals surface area contributed by atoms with Crippen LogP contribution in [0.2, 0.25) is 0 Å². The summed E-state index contributed by atoms with van der Waals surface area (Å²) in [6, 6.07) is 46.8. The topological polar surface area (TPSA) is 51.0 Å². The molecule has 4 nitrogen and oxygen atoms in total. The molecule has 0 saturated heterocycles. The van der Waals surface area contributed by atoms with Crippen molar-refractivity contribution in [1.82, 2.24) is 15.0 Å². The van der Waals surface area contributed by atoms with Crippen LogP contribution in [0.3, 0.4) is 0 Å². The van der Waals surface area contributed by atoms with E-state index in [0.29, 0.717) is 0 Å². The molecule has 49 heavy (non-hydrogen) atoms. The van der Waals surface area contributed by atoms with Gasteiger partial charge in [0.2, 0.25) is 0 Å². The zero-order chi connectivity index (χ0) is 33.2. The average Bonchev–Trinajstić information content (AvgIpc) is 3.17. The predicted molar refractivity (Wildman–Crippen MR) is 206 cm³/mol. The SMILES string of the molecule is C=N/C(=C\C=C/C)c1cc(-c2ccc(-c3ccc(-c4c5ccccc5nc5c4ccc4cccnc45)cc3)cc2)cc(-c2ccccn2)c1. The molecule has 4 heteroatoms. The Morgan fingerprint density at radius 3 is 2.02 bits per heavy atom. The molecule has 0 saturated carbocycles. The molecule has 0 fully saturated rings. The van der Waals surface area contributed by atoms with Crippen molar-refractivity contribution in [3.63, 3.8) is 0 Å². The maximum Gasteiger partial charge on any atom is 0.0978 e. The lowest BCUT2D eigenvalue weighted by Crippen LogP contribution is -1.91. The van der Waals surface area contributed by atoms with Gasteiger partial charge in [-0.3, -0.25) is 15.0 Å². The molecule has 0 atom stereocenters. The molecule has 232 valence electrons. The van der Waals surface area contributed by atoms with E-state index in [0.717, 1.165) is 83.0 Å². The quantitative estimate of drug-likeness (QED) is 0.0764. The summed E-state index contributed by atoms with van der Waals surface area (Å²) in [5, 5.41) is 3.32. The molecule has 8 aromatic rings. The van der Waals surface area contributed by atoms with Crippen molar-refractivity contribution < 1.29 is 0 Å². The summed E-state index contributed by atoms with van der Waals surface area (Å²) in [5.74, 6) is 0. The molecule has 3 aromatic heterocycles. The molecule has 0 aliphatic carbocycles. The van der Waals surface area contributed by atoms with Gasteiger partial charge in [-0.05, 0) is 90.0 Å². The summed E-state index contributed by atoms with van der Waals surface area (Å²) in [6.45, 7) is 5.82. The van der Waals surface area contributed by atoms with Crippen LogP contribution in [0.1, 0.15) is 12.5 Å². The van der Waals surface area contributed by atoms with Gasteiger partial charge in [-0.2, -0.15) is 0 Å². The maximum atomic E-state index is 5.07. The minimum absolute atomic E-state index is 0.813. The Morgan fingerprint density at radius 1 is 0.592 bits per heavy atom. The molecular formula is C45H32N4. The first-order valence-corrected chi connectivity index (χ1v) is 16.3. The zero-order valence-electron chi connectivity index (χ0n) is 27.1. The van der Waals surface area contributed by atoms with Crippen LogP contribution in [0.15, 0.2) is 169 Å². The van der Waals surface area contributed by atoms with Gasteiger partial charge in [0, 0.05) is 45.2 Å². The number of rotatable bonds is 7. The molecule has 0 unspecified atom stereocenters. The summed E-state index contributed by atoms with van der Waals surface area (Å²) in [5.41, 5.74) is 13.4. The summed E-state index contributed by atoms with van der Waals surface area (Å²) in [6.07, 6.45) is 9.61. The number of allylic oxidation sites excluding steroid dienone is 3. The molecular weight excluding hydrogens is 597 g/mol. The van der Waals surface area contributed by atoms with Gasteiger partial charge >= 0.3 is 0 Å². The van der Waals surface area contributed by atoms with Crippen LogP contribution in [0.25, 0.3) is 83.0 Å². The summed E-state index contributed by atoms with van der Waals surface area (Å²) in [7, 11) is 0. The number of aromatic nitrogens is 3. The standard InChI is InChI=1S/C45H32N4/c1-3-4-12-40(46-2)36-27-35(28-37(29-36)41-13-7-8-25-47-41)32-17-15-30(16-18-32)31-19-21-33(22-20-31)43-38-11-5-6-14-42(38)49-45-39(43)24-23-34-10-9-26-48-44(34)45/h3-29H,2H2,1H3/b4-3-,40-12-. The Kier molecular flexibility index (Phi) is 7.88. The molecule has 8 rings (SSSR count). The monoisotopic (exact) mass is 628 g/mol. The van der Waals surface area contributed by atoms with Crippen LogP contribution in [0.4, 0.5) is 0 Å². The van der Waals surface area contributed by atoms with Crippen LogP contribution in [0.5, 0.6) is 0 Å². The van der Waals surface area contributed by atoms with Crippen molar-refractivity contribution in [3.05, 3.63) is 170 Å². The lowest BCUT2D eigenvalue weighted by Gasteiger charge is -2.13. The van der Waals surface area contributed by atoms with Crippen LogP contribution in [0, 0.1) is 0 Å². The van der Waals surface area contributed by atoms with Crippen molar-refractivity contribution in [1.29, 1.82) is 0 Å². The number of fused-ring (bicyclic) bond motifs is 4. The van der Waals surface area contributed by atoms with E-state index in [1.54, 1.807) is 0 Å². The Labute approximate surface area is 285 Å². The lowest BCUT2D eigenvalue weighted by atomic mass is 9.93. The third-order valence-electron chi connectivity index (χ3n) is 8.95. The van der Waals surface area contributed by atoms with E-state index in [1.807, 2.05) is 67.9 Å². The highest BCUT2D eigenvalue weighted by molar-refractivity contribution is 6.15. The largest absolute Gasteiger partial charge is 0.264 e. The van der Waals surface area contributed by atoms with Crippen molar-refractivity contribution >= 4 is 45.1 Å². The van der Waals surface area contributed by atoms with Crippen molar-refractivity contribution in [2.75, 3.05) is 0 Å². The number of pyridine rings is 3. The molecule has 0 N–H and O–H groups in total. The first-order valence-electron chi connectivity index (χ1n) is 16.3. The molecule has 3 heterocycles. The second-order valence-electron chi connectivity index (χ2n) is 11.9. The van der Waals surface area contributed by atoms with Crippen molar-refractivity contribution in [2.45, 2.75) is 6.92 Å². The molecule has 0 spiro atoms. The Bertz CT molecular complexity index is 2550. The van der Waals surface area contributed by atoms with Gasteiger partial charge in [0.15, 0.2) is 0 Å². The van der Waals surface area contributed by atoms with Crippen LogP contribution in [-0.2, 0) is 0 Å². The number of aliphatic imine (C=N–C) groups is 1. The summed E-state index contributed by atoms with van der Waals surface area (Å²) in [4.78, 5) is 18.7. The summed E-state index contributed by atoms with van der Waals surface area (Å²) >= 11 is 0. The third-order valence-corrected chi connectivity index (χ3v) is 8.95. The minimum atomic E-state index is 0.813. The molecule has 0 aliphatic rings. The van der Waals surface area contributed by atoms with E-state index in [1.165, 1.54) is 5.56 Å².